The molecule has 0 amide bonds. The average Bonchev–Trinajstić information content (AvgIpc) is 2.62. The minimum atomic E-state index is -0.173. The van der Waals surface area contributed by atoms with E-state index in [9.17, 15) is 4.39 Å². The van der Waals surface area contributed by atoms with Gasteiger partial charge in [-0.2, -0.15) is 0 Å². The van der Waals surface area contributed by atoms with Crippen molar-refractivity contribution in [3.05, 3.63) is 66.0 Å². The van der Waals surface area contributed by atoms with Crippen LogP contribution in [0.2, 0.25) is 0 Å². The third-order valence-electron chi connectivity index (χ3n) is 3.95. The Kier molecular flexibility index (Phi) is 3.42. The second-order valence-corrected chi connectivity index (χ2v) is 5.42. The minimum Gasteiger partial charge on any atom is -0.364 e. The summed E-state index contributed by atoms with van der Waals surface area (Å²) in [5, 5.41) is 0. The molecule has 0 bridgehead atoms. The van der Waals surface area contributed by atoms with Gasteiger partial charge in [0.15, 0.2) is 11.6 Å². The second kappa shape index (κ2) is 5.72. The van der Waals surface area contributed by atoms with Crippen molar-refractivity contribution in [1.29, 1.82) is 0 Å². The molecule has 1 aliphatic heterocycles. The molecule has 4 rings (SSSR count). The summed E-state index contributed by atoms with van der Waals surface area (Å²) in [6.45, 7) is 1.56. The van der Waals surface area contributed by atoms with E-state index in [2.05, 4.69) is 24.8 Å². The highest BCUT2D eigenvalue weighted by Gasteiger charge is 2.18. The molecule has 0 spiro atoms. The number of fused-ring (bicyclic) bond motifs is 1. The van der Waals surface area contributed by atoms with Crippen molar-refractivity contribution in [3.63, 3.8) is 0 Å². The SMILES string of the molecule is Fc1ccc2c(c1)CCN(c1cnc(-c3ncccn3)nc1)C2. The summed E-state index contributed by atoms with van der Waals surface area (Å²) in [7, 11) is 0. The highest BCUT2D eigenvalue weighted by atomic mass is 19.1. The van der Waals surface area contributed by atoms with E-state index in [0.29, 0.717) is 11.6 Å². The molecule has 0 unspecified atom stereocenters. The van der Waals surface area contributed by atoms with Crippen LogP contribution in [0.25, 0.3) is 11.6 Å². The highest BCUT2D eigenvalue weighted by Crippen LogP contribution is 2.24. The molecule has 3 aromatic rings. The van der Waals surface area contributed by atoms with Gasteiger partial charge in [0.25, 0.3) is 0 Å². The molecule has 1 aromatic carbocycles. The van der Waals surface area contributed by atoms with E-state index in [1.807, 2.05) is 6.07 Å². The van der Waals surface area contributed by atoms with Crippen LogP contribution < -0.4 is 4.90 Å². The second-order valence-electron chi connectivity index (χ2n) is 5.42. The Morgan fingerprint density at radius 3 is 2.43 bits per heavy atom. The summed E-state index contributed by atoms with van der Waals surface area (Å²) in [4.78, 5) is 19.2. The third-order valence-corrected chi connectivity index (χ3v) is 3.95. The van der Waals surface area contributed by atoms with Gasteiger partial charge in [-0.05, 0) is 35.7 Å². The lowest BCUT2D eigenvalue weighted by Gasteiger charge is -2.30. The quantitative estimate of drug-likeness (QED) is 0.728. The molecule has 1 aliphatic rings. The lowest BCUT2D eigenvalue weighted by atomic mass is 9.99. The van der Waals surface area contributed by atoms with Crippen LogP contribution in [-0.4, -0.2) is 26.5 Å². The first-order valence-corrected chi connectivity index (χ1v) is 7.41. The molecule has 5 nitrogen and oxygen atoms in total. The zero-order valence-corrected chi connectivity index (χ0v) is 12.4. The summed E-state index contributed by atoms with van der Waals surface area (Å²) in [5.74, 6) is 0.847. The molecule has 0 radical (unpaired) electrons. The van der Waals surface area contributed by atoms with Gasteiger partial charge in [-0.3, -0.25) is 0 Å². The molecule has 23 heavy (non-hydrogen) atoms. The molecular weight excluding hydrogens is 293 g/mol. The molecular formula is C17H14FN5. The molecule has 6 heteroatoms. The molecule has 0 atom stereocenters. The highest BCUT2D eigenvalue weighted by molar-refractivity contribution is 5.50. The molecule has 0 saturated heterocycles. The number of nitrogens with zero attached hydrogens (tertiary/aromatic N) is 5. The van der Waals surface area contributed by atoms with E-state index >= 15 is 0 Å². The van der Waals surface area contributed by atoms with Gasteiger partial charge in [-0.1, -0.05) is 6.07 Å². The fourth-order valence-corrected chi connectivity index (χ4v) is 2.76. The Hall–Kier alpha value is -2.89. The van der Waals surface area contributed by atoms with Crippen LogP contribution in [0.5, 0.6) is 0 Å². The Morgan fingerprint density at radius 1 is 0.913 bits per heavy atom. The Bertz CT molecular complexity index is 820. The van der Waals surface area contributed by atoms with Crippen molar-refractivity contribution < 1.29 is 4.39 Å². The van der Waals surface area contributed by atoms with Crippen LogP contribution >= 0.6 is 0 Å². The topological polar surface area (TPSA) is 54.8 Å². The normalized spacial score (nSPS) is 13.7. The molecule has 0 saturated carbocycles. The number of aromatic nitrogens is 4. The van der Waals surface area contributed by atoms with Gasteiger partial charge in [0, 0.05) is 25.5 Å². The lowest BCUT2D eigenvalue weighted by molar-refractivity contribution is 0.619. The van der Waals surface area contributed by atoms with Crippen molar-refractivity contribution in [2.45, 2.75) is 13.0 Å². The van der Waals surface area contributed by atoms with Crippen LogP contribution in [0.1, 0.15) is 11.1 Å². The van der Waals surface area contributed by atoms with Crippen molar-refractivity contribution in [2.75, 3.05) is 11.4 Å². The van der Waals surface area contributed by atoms with Crippen LogP contribution in [0.4, 0.5) is 10.1 Å². The van der Waals surface area contributed by atoms with Gasteiger partial charge in [0.1, 0.15) is 5.82 Å². The number of benzene rings is 1. The fourth-order valence-electron chi connectivity index (χ4n) is 2.76. The first kappa shape index (κ1) is 13.8. The van der Waals surface area contributed by atoms with E-state index in [1.54, 1.807) is 36.9 Å². The lowest BCUT2D eigenvalue weighted by Crippen LogP contribution is -2.30. The van der Waals surface area contributed by atoms with Crippen molar-refractivity contribution in [1.82, 2.24) is 19.9 Å². The van der Waals surface area contributed by atoms with Crippen molar-refractivity contribution in [3.8, 4) is 11.6 Å². The van der Waals surface area contributed by atoms with Gasteiger partial charge < -0.3 is 4.90 Å². The molecule has 0 aliphatic carbocycles. The van der Waals surface area contributed by atoms with E-state index in [4.69, 9.17) is 0 Å². The zero-order valence-electron chi connectivity index (χ0n) is 12.4. The summed E-state index contributed by atoms with van der Waals surface area (Å²) in [6, 6.07) is 6.74. The Labute approximate surface area is 132 Å². The summed E-state index contributed by atoms with van der Waals surface area (Å²) in [6.07, 6.45) is 7.72. The largest absolute Gasteiger partial charge is 0.364 e. The predicted molar refractivity (Wildman–Crippen MR) is 84.2 cm³/mol. The summed E-state index contributed by atoms with van der Waals surface area (Å²) >= 11 is 0. The van der Waals surface area contributed by atoms with Crippen LogP contribution in [0, 0.1) is 5.82 Å². The Morgan fingerprint density at radius 2 is 1.65 bits per heavy atom. The minimum absolute atomic E-state index is 0.173. The van der Waals surface area contributed by atoms with Gasteiger partial charge >= 0.3 is 0 Å². The monoisotopic (exact) mass is 307 g/mol. The van der Waals surface area contributed by atoms with E-state index in [-0.39, 0.29) is 5.82 Å². The predicted octanol–water partition coefficient (Wildman–Crippen LogP) is 2.64. The first-order valence-electron chi connectivity index (χ1n) is 7.41. The smallest absolute Gasteiger partial charge is 0.197 e. The van der Waals surface area contributed by atoms with Crippen molar-refractivity contribution >= 4 is 5.69 Å². The number of anilines is 1. The van der Waals surface area contributed by atoms with Gasteiger partial charge in [-0.15, -0.1) is 0 Å². The maximum Gasteiger partial charge on any atom is 0.197 e. The molecule has 0 fully saturated rings. The van der Waals surface area contributed by atoms with Gasteiger partial charge in [-0.25, -0.2) is 24.3 Å². The summed E-state index contributed by atoms with van der Waals surface area (Å²) in [5.41, 5.74) is 3.17. The number of hydrogen-bond donors (Lipinski definition) is 0. The van der Waals surface area contributed by atoms with Crippen LogP contribution in [-0.2, 0) is 13.0 Å². The standard InChI is InChI=1S/C17H14FN5/c18-14-3-2-13-11-23(7-4-12(13)8-14)15-9-21-17(22-10-15)16-19-5-1-6-20-16/h1-3,5-6,8-10H,4,7,11H2. The van der Waals surface area contributed by atoms with E-state index in [0.717, 1.165) is 36.3 Å². The van der Waals surface area contributed by atoms with Gasteiger partial charge in [0.05, 0.1) is 18.1 Å². The fraction of sp³-hybridized carbons (Fsp3) is 0.176. The van der Waals surface area contributed by atoms with Crippen molar-refractivity contribution in [2.24, 2.45) is 0 Å². The average molecular weight is 307 g/mol. The maximum absolute atomic E-state index is 13.3. The Balaban J connectivity index is 1.56. The van der Waals surface area contributed by atoms with E-state index in [1.165, 1.54) is 6.07 Å². The van der Waals surface area contributed by atoms with Crippen LogP contribution in [0.3, 0.4) is 0 Å². The zero-order chi connectivity index (χ0) is 15.6. The van der Waals surface area contributed by atoms with E-state index < -0.39 is 0 Å². The molecule has 3 heterocycles. The summed E-state index contributed by atoms with van der Waals surface area (Å²) < 4.78 is 13.3. The van der Waals surface area contributed by atoms with Crippen LogP contribution in [0.15, 0.2) is 49.1 Å². The number of hydrogen-bond acceptors (Lipinski definition) is 5. The number of rotatable bonds is 2. The molecule has 0 N–H and O–H groups in total. The van der Waals surface area contributed by atoms with Gasteiger partial charge in [0.2, 0.25) is 0 Å². The molecule has 2 aromatic heterocycles. The first-order chi connectivity index (χ1) is 11.3. The number of halogens is 1. The third kappa shape index (κ3) is 2.75. The molecule has 114 valence electrons. The maximum atomic E-state index is 13.3.